The van der Waals surface area contributed by atoms with Crippen molar-refractivity contribution >= 4 is 6.09 Å². The summed E-state index contributed by atoms with van der Waals surface area (Å²) in [5.74, 6) is 0. The maximum absolute atomic E-state index is 11.8. The van der Waals surface area contributed by atoms with Crippen LogP contribution in [0.25, 0.3) is 0 Å². The molecule has 1 amide bonds. The number of rotatable bonds is 33. The second-order valence-electron chi connectivity index (χ2n) is 11.7. The van der Waals surface area contributed by atoms with Crippen LogP contribution in [0, 0.1) is 0 Å². The first-order chi connectivity index (χ1) is 19.7. The van der Waals surface area contributed by atoms with Crippen molar-refractivity contribution < 1.29 is 19.0 Å². The van der Waals surface area contributed by atoms with E-state index in [9.17, 15) is 4.79 Å². The third-order valence-electron chi connectivity index (χ3n) is 7.62. The van der Waals surface area contributed by atoms with Crippen molar-refractivity contribution in [3.8, 4) is 0 Å². The predicted molar refractivity (Wildman–Crippen MR) is 171 cm³/mol. The predicted octanol–water partition coefficient (Wildman–Crippen LogP) is 9.69. The Morgan fingerprint density at radius 3 is 1.40 bits per heavy atom. The first-order valence-electron chi connectivity index (χ1n) is 17.5. The molecule has 0 saturated heterocycles. The van der Waals surface area contributed by atoms with Gasteiger partial charge in [0.1, 0.15) is 6.73 Å². The summed E-state index contributed by atoms with van der Waals surface area (Å²) in [7, 11) is 1.75. The molecule has 0 bridgehead atoms. The molecule has 1 unspecified atom stereocenters. The van der Waals surface area contributed by atoms with Gasteiger partial charge in [0.15, 0.2) is 0 Å². The second-order valence-corrected chi connectivity index (χ2v) is 11.7. The van der Waals surface area contributed by atoms with Crippen LogP contribution >= 0.6 is 0 Å². The normalized spacial score (nSPS) is 12.1. The van der Waals surface area contributed by atoms with E-state index in [1.807, 2.05) is 0 Å². The van der Waals surface area contributed by atoms with E-state index < -0.39 is 6.09 Å². The molecule has 2 N–H and O–H groups in total. The summed E-state index contributed by atoms with van der Waals surface area (Å²) < 4.78 is 17.1. The van der Waals surface area contributed by atoms with Crippen LogP contribution in [-0.4, -0.2) is 52.3 Å². The Hall–Kier alpha value is -0.850. The second kappa shape index (κ2) is 34.4. The monoisotopic (exact) mass is 571 g/mol. The number of hydrogen-bond acceptors (Lipinski definition) is 5. The fourth-order valence-electron chi connectivity index (χ4n) is 5.00. The molecule has 0 heterocycles. The zero-order valence-corrected chi connectivity index (χ0v) is 27.2. The molecule has 40 heavy (non-hydrogen) atoms. The van der Waals surface area contributed by atoms with Crippen LogP contribution in [-0.2, 0) is 14.2 Å². The molecule has 0 fully saturated rings. The lowest BCUT2D eigenvalue weighted by molar-refractivity contribution is -0.0175. The fourth-order valence-corrected chi connectivity index (χ4v) is 5.00. The van der Waals surface area contributed by atoms with Gasteiger partial charge in [0.2, 0.25) is 0 Å². The molecule has 6 nitrogen and oxygen atoms in total. The van der Waals surface area contributed by atoms with Crippen molar-refractivity contribution in [2.24, 2.45) is 0 Å². The number of carbonyl (C=O) groups is 1. The van der Waals surface area contributed by atoms with E-state index in [1.54, 1.807) is 7.05 Å². The van der Waals surface area contributed by atoms with E-state index in [-0.39, 0.29) is 12.8 Å². The van der Waals surface area contributed by atoms with Gasteiger partial charge in [-0.2, -0.15) is 0 Å². The molecule has 0 rings (SSSR count). The summed E-state index contributed by atoms with van der Waals surface area (Å²) in [6.45, 7) is 7.17. The number of hydrogen-bond donors (Lipinski definition) is 2. The van der Waals surface area contributed by atoms with E-state index in [1.165, 1.54) is 141 Å². The van der Waals surface area contributed by atoms with Gasteiger partial charge in [-0.1, -0.05) is 155 Å². The van der Waals surface area contributed by atoms with Crippen LogP contribution in [0.5, 0.6) is 0 Å². The van der Waals surface area contributed by atoms with E-state index >= 15 is 0 Å². The van der Waals surface area contributed by atoms with Gasteiger partial charge in [-0.25, -0.2) is 4.79 Å². The molecule has 0 aliphatic rings. The summed E-state index contributed by atoms with van der Waals surface area (Å²) in [6.07, 6.45) is 31.6. The van der Waals surface area contributed by atoms with Gasteiger partial charge in [-0.05, 0) is 19.9 Å². The number of unbranched alkanes of at least 4 members (excludes halogenated alkanes) is 22. The third-order valence-corrected chi connectivity index (χ3v) is 7.62. The lowest BCUT2D eigenvalue weighted by atomic mass is 10.1. The Bertz CT molecular complexity index is 493. The quantitative estimate of drug-likeness (QED) is 0.0607. The molecular weight excluding hydrogens is 500 g/mol. The highest BCUT2D eigenvalue weighted by Crippen LogP contribution is 2.13. The van der Waals surface area contributed by atoms with Crippen molar-refractivity contribution in [1.29, 1.82) is 0 Å². The van der Waals surface area contributed by atoms with E-state index in [2.05, 4.69) is 24.5 Å². The van der Waals surface area contributed by atoms with E-state index in [0.29, 0.717) is 13.2 Å². The fraction of sp³-hybridized carbons (Fsp3) is 0.971. The number of carbonyl (C=O) groups excluding carboxylic acids is 1. The Labute approximate surface area is 249 Å². The number of amides is 1. The molecule has 1 atom stereocenters. The molecular formula is C34H70N2O4. The highest BCUT2D eigenvalue weighted by molar-refractivity contribution is 5.67. The van der Waals surface area contributed by atoms with Gasteiger partial charge < -0.3 is 19.5 Å². The van der Waals surface area contributed by atoms with Crippen molar-refractivity contribution in [3.63, 3.8) is 0 Å². The third kappa shape index (κ3) is 31.7. The highest BCUT2D eigenvalue weighted by Gasteiger charge is 2.12. The minimum Gasteiger partial charge on any atom is -0.434 e. The lowest BCUT2D eigenvalue weighted by Gasteiger charge is -2.19. The standard InChI is InChI=1S/C34H70N2O4/c1-4-6-8-10-12-14-16-18-20-22-24-26-28-38-31-33(30-36-34(37)40-32-35-3)39-29-27-25-23-21-19-17-15-13-11-9-7-5-2/h33,35H,4-32H2,1-3H3,(H,36,37). The first-order valence-corrected chi connectivity index (χ1v) is 17.5. The molecule has 0 aromatic heterocycles. The maximum atomic E-state index is 11.8. The van der Waals surface area contributed by atoms with Crippen molar-refractivity contribution in [1.82, 2.24) is 10.6 Å². The van der Waals surface area contributed by atoms with Crippen molar-refractivity contribution in [3.05, 3.63) is 0 Å². The van der Waals surface area contributed by atoms with E-state index in [0.717, 1.165) is 26.1 Å². The zero-order chi connectivity index (χ0) is 29.2. The van der Waals surface area contributed by atoms with Gasteiger partial charge >= 0.3 is 6.09 Å². The van der Waals surface area contributed by atoms with Crippen molar-refractivity contribution in [2.75, 3.05) is 40.1 Å². The van der Waals surface area contributed by atoms with Gasteiger partial charge in [0.25, 0.3) is 0 Å². The largest absolute Gasteiger partial charge is 0.434 e. The summed E-state index contributed by atoms with van der Waals surface area (Å²) in [4.78, 5) is 11.8. The smallest absolute Gasteiger partial charge is 0.408 e. The van der Waals surface area contributed by atoms with Gasteiger partial charge in [0.05, 0.1) is 12.7 Å². The molecule has 0 spiro atoms. The van der Waals surface area contributed by atoms with Gasteiger partial charge in [-0.15, -0.1) is 0 Å². The van der Waals surface area contributed by atoms with Gasteiger partial charge in [0, 0.05) is 19.8 Å². The molecule has 6 heteroatoms. The van der Waals surface area contributed by atoms with Crippen LogP contribution in [0.2, 0.25) is 0 Å². The van der Waals surface area contributed by atoms with Crippen LogP contribution in [0.3, 0.4) is 0 Å². The number of alkyl carbamates (subject to hydrolysis) is 1. The first kappa shape index (κ1) is 39.1. The molecule has 0 aromatic rings. The molecule has 0 aromatic carbocycles. The minimum absolute atomic E-state index is 0.132. The summed E-state index contributed by atoms with van der Waals surface area (Å²) in [6, 6.07) is 0. The molecule has 0 aliphatic heterocycles. The van der Waals surface area contributed by atoms with Crippen LogP contribution in [0.1, 0.15) is 168 Å². The number of ether oxygens (including phenoxy) is 3. The zero-order valence-electron chi connectivity index (χ0n) is 27.2. The average molecular weight is 571 g/mol. The molecule has 0 aliphatic carbocycles. The molecule has 0 saturated carbocycles. The Morgan fingerprint density at radius 2 is 0.975 bits per heavy atom. The Morgan fingerprint density at radius 1 is 0.575 bits per heavy atom. The lowest BCUT2D eigenvalue weighted by Crippen LogP contribution is -2.37. The minimum atomic E-state index is -0.422. The van der Waals surface area contributed by atoms with Crippen molar-refractivity contribution in [2.45, 2.75) is 174 Å². The summed E-state index contributed by atoms with van der Waals surface area (Å²) >= 11 is 0. The van der Waals surface area contributed by atoms with Crippen LogP contribution < -0.4 is 10.6 Å². The highest BCUT2D eigenvalue weighted by atomic mass is 16.6. The van der Waals surface area contributed by atoms with Crippen LogP contribution in [0.15, 0.2) is 0 Å². The Kier molecular flexibility index (Phi) is 33.6. The summed E-state index contributed by atoms with van der Waals surface area (Å²) in [5, 5.41) is 5.62. The SMILES string of the molecule is CCCCCCCCCCCCCCOCC(CNC(=O)OCNC)OCCCCCCCCCCCCCC. The van der Waals surface area contributed by atoms with E-state index in [4.69, 9.17) is 14.2 Å². The Balaban J connectivity index is 3.82. The molecule has 0 radical (unpaired) electrons. The molecule has 240 valence electrons. The maximum Gasteiger partial charge on any atom is 0.408 e. The topological polar surface area (TPSA) is 68.8 Å². The van der Waals surface area contributed by atoms with Gasteiger partial charge in [-0.3, -0.25) is 5.32 Å². The summed E-state index contributed by atoms with van der Waals surface area (Å²) in [5.41, 5.74) is 0. The average Bonchev–Trinajstić information content (AvgIpc) is 2.96. The van der Waals surface area contributed by atoms with Crippen LogP contribution in [0.4, 0.5) is 4.79 Å². The number of nitrogens with one attached hydrogen (secondary N) is 2.